The van der Waals surface area contributed by atoms with Gasteiger partial charge in [0.15, 0.2) is 0 Å². The number of nitrogens with two attached hydrogens (primary N) is 1. The first-order chi connectivity index (χ1) is 7.78. The minimum atomic E-state index is 0.530. The third-order valence-corrected chi connectivity index (χ3v) is 4.55. The van der Waals surface area contributed by atoms with Crippen molar-refractivity contribution in [3.8, 4) is 0 Å². The molecule has 0 bridgehead atoms. The Kier molecular flexibility index (Phi) is 4.48. The fourth-order valence-electron chi connectivity index (χ4n) is 1.28. The number of hydrogen-bond acceptors (Lipinski definition) is 5. The summed E-state index contributed by atoms with van der Waals surface area (Å²) in [5.74, 6) is 0. The summed E-state index contributed by atoms with van der Waals surface area (Å²) < 4.78 is 1.17. The van der Waals surface area contributed by atoms with E-state index in [1.807, 2.05) is 0 Å². The molecule has 6 heteroatoms. The van der Waals surface area contributed by atoms with E-state index in [0.717, 1.165) is 23.8 Å². The van der Waals surface area contributed by atoms with Gasteiger partial charge in [-0.1, -0.05) is 0 Å². The van der Waals surface area contributed by atoms with Gasteiger partial charge in [-0.25, -0.2) is 4.98 Å². The number of halogens is 1. The number of thiophene rings is 1. The summed E-state index contributed by atoms with van der Waals surface area (Å²) in [7, 11) is 0. The van der Waals surface area contributed by atoms with E-state index in [4.69, 9.17) is 5.73 Å². The topological polar surface area (TPSA) is 50.9 Å². The SMILES string of the molecule is NCc1nc(CNCc2ccc(Br)s2)cs1. The second-order valence-electron chi connectivity index (χ2n) is 3.25. The lowest BCUT2D eigenvalue weighted by molar-refractivity contribution is 0.687. The molecule has 0 radical (unpaired) electrons. The van der Waals surface area contributed by atoms with Crippen LogP contribution in [-0.2, 0) is 19.6 Å². The van der Waals surface area contributed by atoms with Gasteiger partial charge >= 0.3 is 0 Å². The smallest absolute Gasteiger partial charge is 0.106 e. The summed E-state index contributed by atoms with van der Waals surface area (Å²) in [4.78, 5) is 5.71. The van der Waals surface area contributed by atoms with Gasteiger partial charge in [-0.15, -0.1) is 22.7 Å². The van der Waals surface area contributed by atoms with Gasteiger partial charge < -0.3 is 11.1 Å². The monoisotopic (exact) mass is 317 g/mol. The highest BCUT2D eigenvalue weighted by Crippen LogP contribution is 2.21. The molecule has 3 nitrogen and oxygen atoms in total. The van der Waals surface area contributed by atoms with E-state index < -0.39 is 0 Å². The second kappa shape index (κ2) is 5.88. The van der Waals surface area contributed by atoms with Gasteiger partial charge in [-0.2, -0.15) is 0 Å². The standard InChI is InChI=1S/C10H12BrN3S2/c11-9-2-1-8(16-9)5-13-4-7-6-15-10(3-12)14-7/h1-2,6,13H,3-5,12H2. The van der Waals surface area contributed by atoms with Gasteiger partial charge in [0.05, 0.1) is 9.48 Å². The van der Waals surface area contributed by atoms with Crippen molar-refractivity contribution in [3.63, 3.8) is 0 Å². The van der Waals surface area contributed by atoms with Gasteiger partial charge in [0.2, 0.25) is 0 Å². The molecule has 2 aromatic rings. The number of nitrogens with zero attached hydrogens (tertiary/aromatic N) is 1. The number of nitrogens with one attached hydrogen (secondary N) is 1. The molecule has 0 saturated carbocycles. The zero-order chi connectivity index (χ0) is 11.4. The highest BCUT2D eigenvalue weighted by Gasteiger charge is 2.01. The van der Waals surface area contributed by atoms with Crippen molar-refractivity contribution < 1.29 is 0 Å². The highest BCUT2D eigenvalue weighted by molar-refractivity contribution is 9.11. The van der Waals surface area contributed by atoms with E-state index in [1.54, 1.807) is 22.7 Å². The Bertz CT molecular complexity index is 452. The fraction of sp³-hybridized carbons (Fsp3) is 0.300. The molecule has 2 rings (SSSR count). The van der Waals surface area contributed by atoms with Crippen LogP contribution in [0, 0.1) is 0 Å². The van der Waals surface area contributed by atoms with Gasteiger partial charge in [0.1, 0.15) is 5.01 Å². The van der Waals surface area contributed by atoms with Crippen LogP contribution >= 0.6 is 38.6 Å². The molecule has 86 valence electrons. The molecule has 0 amide bonds. The number of rotatable bonds is 5. The van der Waals surface area contributed by atoms with Crippen molar-refractivity contribution in [2.45, 2.75) is 19.6 Å². The molecule has 2 heterocycles. The molecular formula is C10H12BrN3S2. The van der Waals surface area contributed by atoms with Crippen molar-refractivity contribution in [1.82, 2.24) is 10.3 Å². The van der Waals surface area contributed by atoms with E-state index in [1.165, 1.54) is 8.66 Å². The Balaban J connectivity index is 1.79. The lowest BCUT2D eigenvalue weighted by Crippen LogP contribution is -2.12. The fourth-order valence-corrected chi connectivity index (χ4v) is 3.41. The maximum Gasteiger partial charge on any atom is 0.106 e. The van der Waals surface area contributed by atoms with Gasteiger partial charge in [-0.3, -0.25) is 0 Å². The van der Waals surface area contributed by atoms with Crippen LogP contribution < -0.4 is 11.1 Å². The summed E-state index contributed by atoms with van der Waals surface area (Å²) in [5, 5.41) is 6.41. The average molecular weight is 318 g/mol. The first-order valence-corrected chi connectivity index (χ1v) is 7.35. The van der Waals surface area contributed by atoms with Crippen LogP contribution in [0.25, 0.3) is 0 Å². The normalized spacial score (nSPS) is 10.9. The Morgan fingerprint density at radius 1 is 1.38 bits per heavy atom. The van der Waals surface area contributed by atoms with Crippen LogP contribution in [0.2, 0.25) is 0 Å². The van der Waals surface area contributed by atoms with Crippen LogP contribution in [0.3, 0.4) is 0 Å². The molecule has 0 spiro atoms. The van der Waals surface area contributed by atoms with Crippen molar-refractivity contribution in [2.24, 2.45) is 5.73 Å². The van der Waals surface area contributed by atoms with Crippen LogP contribution in [0.15, 0.2) is 21.3 Å². The molecule has 16 heavy (non-hydrogen) atoms. The molecule has 2 aromatic heterocycles. The largest absolute Gasteiger partial charge is 0.325 e. The zero-order valence-corrected chi connectivity index (χ0v) is 11.8. The minimum absolute atomic E-state index is 0.530. The van der Waals surface area contributed by atoms with Crippen molar-refractivity contribution in [1.29, 1.82) is 0 Å². The van der Waals surface area contributed by atoms with E-state index in [-0.39, 0.29) is 0 Å². The van der Waals surface area contributed by atoms with Crippen LogP contribution in [0.4, 0.5) is 0 Å². The molecule has 0 aromatic carbocycles. The second-order valence-corrected chi connectivity index (χ2v) is 6.74. The minimum Gasteiger partial charge on any atom is -0.325 e. The number of hydrogen-bond donors (Lipinski definition) is 2. The molecule has 0 atom stereocenters. The summed E-state index contributed by atoms with van der Waals surface area (Å²) >= 11 is 6.82. The maximum absolute atomic E-state index is 5.51. The Hall–Kier alpha value is -0.270. The summed E-state index contributed by atoms with van der Waals surface area (Å²) in [5.41, 5.74) is 6.58. The summed E-state index contributed by atoms with van der Waals surface area (Å²) in [6.45, 7) is 2.21. The first kappa shape index (κ1) is 12.2. The molecule has 0 fully saturated rings. The van der Waals surface area contributed by atoms with E-state index in [2.05, 4.69) is 43.7 Å². The maximum atomic E-state index is 5.51. The van der Waals surface area contributed by atoms with E-state index in [9.17, 15) is 0 Å². The molecule has 0 unspecified atom stereocenters. The van der Waals surface area contributed by atoms with Gasteiger partial charge in [0, 0.05) is 29.9 Å². The molecular weight excluding hydrogens is 306 g/mol. The van der Waals surface area contributed by atoms with Crippen LogP contribution in [-0.4, -0.2) is 4.98 Å². The van der Waals surface area contributed by atoms with Gasteiger partial charge in [0.25, 0.3) is 0 Å². The molecule has 0 aliphatic carbocycles. The third kappa shape index (κ3) is 3.36. The van der Waals surface area contributed by atoms with Crippen LogP contribution in [0.5, 0.6) is 0 Å². The summed E-state index contributed by atoms with van der Waals surface area (Å²) in [6, 6.07) is 4.19. The number of thiazole rings is 1. The number of aromatic nitrogens is 1. The average Bonchev–Trinajstić information content (AvgIpc) is 2.88. The van der Waals surface area contributed by atoms with Gasteiger partial charge in [-0.05, 0) is 28.1 Å². The molecule has 0 saturated heterocycles. The van der Waals surface area contributed by atoms with Crippen LogP contribution in [0.1, 0.15) is 15.6 Å². The van der Waals surface area contributed by atoms with Crippen molar-refractivity contribution in [3.05, 3.63) is 36.9 Å². The van der Waals surface area contributed by atoms with E-state index in [0.29, 0.717) is 6.54 Å². The van der Waals surface area contributed by atoms with E-state index >= 15 is 0 Å². The van der Waals surface area contributed by atoms with Crippen molar-refractivity contribution >= 4 is 38.6 Å². The Morgan fingerprint density at radius 2 is 2.25 bits per heavy atom. The zero-order valence-electron chi connectivity index (χ0n) is 8.57. The first-order valence-electron chi connectivity index (χ1n) is 4.86. The lowest BCUT2D eigenvalue weighted by atomic mass is 10.4. The van der Waals surface area contributed by atoms with Crippen molar-refractivity contribution in [2.75, 3.05) is 0 Å². The molecule has 0 aliphatic heterocycles. The Morgan fingerprint density at radius 3 is 2.88 bits per heavy atom. The summed E-state index contributed by atoms with van der Waals surface area (Å²) in [6.07, 6.45) is 0. The quantitative estimate of drug-likeness (QED) is 0.891. The third-order valence-electron chi connectivity index (χ3n) is 2.01. The predicted octanol–water partition coefficient (Wildman–Crippen LogP) is 2.72. The molecule has 3 N–H and O–H groups in total. The lowest BCUT2D eigenvalue weighted by Gasteiger charge is -1.99. The molecule has 0 aliphatic rings. The predicted molar refractivity (Wildman–Crippen MR) is 72.6 cm³/mol. The Labute approximate surface area is 111 Å². The highest BCUT2D eigenvalue weighted by atomic mass is 79.9.